The summed E-state index contributed by atoms with van der Waals surface area (Å²) in [5.74, 6) is 0.491. The molecule has 0 fully saturated rings. The first-order valence-electron chi connectivity index (χ1n) is 7.21. The molecule has 0 aliphatic rings. The molecule has 20 heavy (non-hydrogen) atoms. The van der Waals surface area contributed by atoms with E-state index in [0.29, 0.717) is 13.0 Å². The van der Waals surface area contributed by atoms with Gasteiger partial charge < -0.3 is 15.2 Å². The van der Waals surface area contributed by atoms with Gasteiger partial charge in [-0.15, -0.1) is 0 Å². The van der Waals surface area contributed by atoms with Crippen molar-refractivity contribution in [3.63, 3.8) is 0 Å². The Bertz CT molecular complexity index is 397. The molecule has 0 aliphatic carbocycles. The Morgan fingerprint density at radius 2 is 1.95 bits per heavy atom. The van der Waals surface area contributed by atoms with Gasteiger partial charge in [-0.1, -0.05) is 19.1 Å². The Morgan fingerprint density at radius 3 is 2.45 bits per heavy atom. The van der Waals surface area contributed by atoms with Crippen molar-refractivity contribution in [2.24, 2.45) is 5.92 Å². The van der Waals surface area contributed by atoms with Crippen LogP contribution in [-0.4, -0.2) is 30.3 Å². The smallest absolute Gasteiger partial charge is 0.225 e. The maximum absolute atomic E-state index is 11.7. The van der Waals surface area contributed by atoms with Crippen LogP contribution >= 0.6 is 0 Å². The molecule has 1 aromatic rings. The third kappa shape index (κ3) is 5.61. The molecule has 0 aliphatic heterocycles. The number of hydrogen-bond acceptors (Lipinski definition) is 3. The number of aliphatic hydroxyl groups excluding tert-OH is 1. The highest BCUT2D eigenvalue weighted by atomic mass is 16.5. The van der Waals surface area contributed by atoms with Crippen LogP contribution in [0.1, 0.15) is 32.8 Å². The zero-order valence-corrected chi connectivity index (χ0v) is 12.6. The van der Waals surface area contributed by atoms with E-state index < -0.39 is 0 Å². The molecule has 0 bridgehead atoms. The quantitative estimate of drug-likeness (QED) is 0.766. The van der Waals surface area contributed by atoms with Gasteiger partial charge in [0.25, 0.3) is 0 Å². The maximum atomic E-state index is 11.7. The van der Waals surface area contributed by atoms with Crippen molar-refractivity contribution < 1.29 is 14.6 Å². The van der Waals surface area contributed by atoms with E-state index in [-0.39, 0.29) is 24.5 Å². The summed E-state index contributed by atoms with van der Waals surface area (Å²) in [6.07, 6.45) is 1.60. The highest BCUT2D eigenvalue weighted by Gasteiger charge is 2.13. The molecular weight excluding hydrogens is 254 g/mol. The third-order valence-corrected chi connectivity index (χ3v) is 3.09. The summed E-state index contributed by atoms with van der Waals surface area (Å²) < 4.78 is 5.57. The Balaban J connectivity index is 2.37. The normalized spacial score (nSPS) is 12.2. The van der Waals surface area contributed by atoms with Crippen LogP contribution in [0.4, 0.5) is 0 Å². The first-order chi connectivity index (χ1) is 9.56. The van der Waals surface area contributed by atoms with Gasteiger partial charge in [0.05, 0.1) is 18.6 Å². The van der Waals surface area contributed by atoms with Crippen LogP contribution in [0.5, 0.6) is 5.75 Å². The third-order valence-electron chi connectivity index (χ3n) is 3.09. The van der Waals surface area contributed by atoms with Crippen molar-refractivity contribution >= 4 is 5.91 Å². The number of ether oxygens (including phenoxy) is 1. The topological polar surface area (TPSA) is 58.6 Å². The molecule has 2 N–H and O–H groups in total. The minimum absolute atomic E-state index is 0.0743. The number of nitrogens with one attached hydrogen (secondary N) is 1. The van der Waals surface area contributed by atoms with Crippen LogP contribution in [0.3, 0.4) is 0 Å². The van der Waals surface area contributed by atoms with Gasteiger partial charge in [0, 0.05) is 6.54 Å². The molecule has 112 valence electrons. The van der Waals surface area contributed by atoms with E-state index in [9.17, 15) is 4.79 Å². The van der Waals surface area contributed by atoms with Crippen molar-refractivity contribution in [2.45, 2.75) is 39.7 Å². The van der Waals surface area contributed by atoms with Crippen molar-refractivity contribution in [3.05, 3.63) is 29.8 Å². The van der Waals surface area contributed by atoms with Gasteiger partial charge in [0.2, 0.25) is 5.91 Å². The summed E-state index contributed by atoms with van der Waals surface area (Å²) >= 11 is 0. The molecule has 0 aromatic heterocycles. The van der Waals surface area contributed by atoms with Crippen molar-refractivity contribution in [1.29, 1.82) is 0 Å². The van der Waals surface area contributed by atoms with Gasteiger partial charge in [0.15, 0.2) is 0 Å². The lowest BCUT2D eigenvalue weighted by atomic mass is 10.1. The summed E-state index contributed by atoms with van der Waals surface area (Å²) in [7, 11) is 0. The van der Waals surface area contributed by atoms with E-state index in [1.807, 2.05) is 45.0 Å². The minimum atomic E-state index is -0.295. The molecule has 4 nitrogen and oxygen atoms in total. The van der Waals surface area contributed by atoms with Gasteiger partial charge in [-0.2, -0.15) is 0 Å². The zero-order valence-electron chi connectivity index (χ0n) is 12.6. The fourth-order valence-corrected chi connectivity index (χ4v) is 1.88. The SMILES string of the molecule is CCC(CO)C(=O)NCCc1ccc(OC(C)C)cc1. The van der Waals surface area contributed by atoms with Gasteiger partial charge in [0.1, 0.15) is 5.75 Å². The average molecular weight is 279 g/mol. The Hall–Kier alpha value is -1.55. The van der Waals surface area contributed by atoms with Gasteiger partial charge in [-0.05, 0) is 44.4 Å². The van der Waals surface area contributed by atoms with Gasteiger partial charge in [-0.3, -0.25) is 4.79 Å². The summed E-state index contributed by atoms with van der Waals surface area (Å²) in [5.41, 5.74) is 1.15. The molecule has 0 saturated carbocycles. The van der Waals surface area contributed by atoms with Crippen LogP contribution in [0.15, 0.2) is 24.3 Å². The van der Waals surface area contributed by atoms with Crippen LogP contribution in [0, 0.1) is 5.92 Å². The first kappa shape index (κ1) is 16.5. The molecule has 1 aromatic carbocycles. The molecule has 0 heterocycles. The second kappa shape index (κ2) is 8.59. The lowest BCUT2D eigenvalue weighted by Gasteiger charge is -2.12. The summed E-state index contributed by atoms with van der Waals surface area (Å²) in [5, 5.41) is 11.9. The number of hydrogen-bond donors (Lipinski definition) is 2. The predicted molar refractivity (Wildman–Crippen MR) is 79.8 cm³/mol. The van der Waals surface area contributed by atoms with Gasteiger partial charge in [-0.25, -0.2) is 0 Å². The number of benzene rings is 1. The van der Waals surface area contributed by atoms with Crippen LogP contribution in [0.25, 0.3) is 0 Å². The fraction of sp³-hybridized carbons (Fsp3) is 0.562. The van der Waals surface area contributed by atoms with Crippen LogP contribution < -0.4 is 10.1 Å². The first-order valence-corrected chi connectivity index (χ1v) is 7.21. The number of aliphatic hydroxyl groups is 1. The average Bonchev–Trinajstić information content (AvgIpc) is 2.41. The molecule has 0 spiro atoms. The molecule has 0 radical (unpaired) electrons. The number of amides is 1. The molecule has 4 heteroatoms. The second-order valence-electron chi connectivity index (χ2n) is 5.14. The van der Waals surface area contributed by atoms with E-state index in [1.54, 1.807) is 0 Å². The van der Waals surface area contributed by atoms with Crippen LogP contribution in [0.2, 0.25) is 0 Å². The minimum Gasteiger partial charge on any atom is -0.491 e. The largest absolute Gasteiger partial charge is 0.491 e. The molecule has 1 rings (SSSR count). The van der Waals surface area contributed by atoms with Crippen LogP contribution in [-0.2, 0) is 11.2 Å². The van der Waals surface area contributed by atoms with Crippen molar-refractivity contribution in [2.75, 3.05) is 13.2 Å². The molecular formula is C16H25NO3. The summed E-state index contributed by atoms with van der Waals surface area (Å²) in [4.78, 5) is 11.7. The number of carbonyl (C=O) groups excluding carboxylic acids is 1. The lowest BCUT2D eigenvalue weighted by Crippen LogP contribution is -2.33. The van der Waals surface area contributed by atoms with Gasteiger partial charge >= 0.3 is 0 Å². The lowest BCUT2D eigenvalue weighted by molar-refractivity contribution is -0.126. The van der Waals surface area contributed by atoms with E-state index in [1.165, 1.54) is 0 Å². The number of rotatable bonds is 8. The number of carbonyl (C=O) groups is 1. The van der Waals surface area contributed by atoms with E-state index >= 15 is 0 Å². The molecule has 0 saturated heterocycles. The molecule has 1 amide bonds. The zero-order chi connectivity index (χ0) is 15.0. The Kier molecular flexibility index (Phi) is 7.09. The predicted octanol–water partition coefficient (Wildman–Crippen LogP) is 2.15. The monoisotopic (exact) mass is 279 g/mol. The van der Waals surface area contributed by atoms with E-state index in [4.69, 9.17) is 9.84 Å². The molecule has 1 unspecified atom stereocenters. The van der Waals surface area contributed by atoms with Crippen molar-refractivity contribution in [1.82, 2.24) is 5.32 Å². The summed E-state index contributed by atoms with van der Waals surface area (Å²) in [6, 6.07) is 7.90. The standard InChI is InChI=1S/C16H25NO3/c1-4-14(11-18)16(19)17-10-9-13-5-7-15(8-6-13)20-12(2)3/h5-8,12,14,18H,4,9-11H2,1-3H3,(H,17,19). The highest BCUT2D eigenvalue weighted by Crippen LogP contribution is 2.14. The summed E-state index contributed by atoms with van der Waals surface area (Å²) in [6.45, 7) is 6.38. The van der Waals surface area contributed by atoms with Crippen molar-refractivity contribution in [3.8, 4) is 5.75 Å². The molecule has 1 atom stereocenters. The fourth-order valence-electron chi connectivity index (χ4n) is 1.88. The van der Waals surface area contributed by atoms with E-state index in [0.717, 1.165) is 17.7 Å². The maximum Gasteiger partial charge on any atom is 0.225 e. The van der Waals surface area contributed by atoms with E-state index in [2.05, 4.69) is 5.32 Å². The highest BCUT2D eigenvalue weighted by molar-refractivity contribution is 5.78. The Labute approximate surface area is 121 Å². The Morgan fingerprint density at radius 1 is 1.30 bits per heavy atom. The second-order valence-corrected chi connectivity index (χ2v) is 5.14.